The highest BCUT2D eigenvalue weighted by Gasteiger charge is 2.16. The van der Waals surface area contributed by atoms with Crippen LogP contribution in [0.2, 0.25) is 0 Å². The lowest BCUT2D eigenvalue weighted by Gasteiger charge is -2.20. The second kappa shape index (κ2) is 7.34. The largest absolute Gasteiger partial charge is 0.398 e. The van der Waals surface area contributed by atoms with Gasteiger partial charge in [-0.2, -0.15) is 0 Å². The van der Waals surface area contributed by atoms with E-state index in [1.807, 2.05) is 18.2 Å². The smallest absolute Gasteiger partial charge is 0.251 e. The van der Waals surface area contributed by atoms with Crippen molar-refractivity contribution in [3.63, 3.8) is 0 Å². The number of benzene rings is 1. The molecule has 5 heteroatoms. The molecule has 1 heterocycles. The van der Waals surface area contributed by atoms with Crippen molar-refractivity contribution in [1.82, 2.24) is 4.57 Å². The van der Waals surface area contributed by atoms with Gasteiger partial charge in [-0.3, -0.25) is 9.59 Å². The number of aromatic nitrogens is 1. The van der Waals surface area contributed by atoms with Crippen LogP contribution in [-0.2, 0) is 11.3 Å². The average molecular weight is 327 g/mol. The number of nitrogens with zero attached hydrogens (tertiary/aromatic N) is 1. The number of anilines is 2. The zero-order valence-electron chi connectivity index (χ0n) is 14.7. The molecule has 1 amide bonds. The zero-order chi connectivity index (χ0) is 17.9. The van der Waals surface area contributed by atoms with Crippen molar-refractivity contribution in [3.8, 4) is 0 Å². The first kappa shape index (κ1) is 17.8. The lowest BCUT2D eigenvalue weighted by molar-refractivity contribution is -0.116. The summed E-state index contributed by atoms with van der Waals surface area (Å²) < 4.78 is 1.32. The van der Waals surface area contributed by atoms with Crippen molar-refractivity contribution in [3.05, 3.63) is 58.0 Å². The van der Waals surface area contributed by atoms with Gasteiger partial charge in [0.2, 0.25) is 5.91 Å². The highest BCUT2D eigenvalue weighted by atomic mass is 16.2. The number of nitrogen functional groups attached to an aromatic ring is 1. The van der Waals surface area contributed by atoms with E-state index in [2.05, 4.69) is 33.0 Å². The van der Waals surface area contributed by atoms with Gasteiger partial charge in [-0.05, 0) is 29.0 Å². The van der Waals surface area contributed by atoms with Crippen LogP contribution in [0.5, 0.6) is 0 Å². The van der Waals surface area contributed by atoms with Crippen LogP contribution in [0, 0.1) is 0 Å². The van der Waals surface area contributed by atoms with Crippen molar-refractivity contribution in [2.45, 2.75) is 46.1 Å². The predicted octanol–water partition coefficient (Wildman–Crippen LogP) is 3.32. The van der Waals surface area contributed by atoms with E-state index in [0.717, 1.165) is 16.8 Å². The van der Waals surface area contributed by atoms with Crippen LogP contribution in [0.1, 0.15) is 50.7 Å². The normalized spacial score (nSPS) is 11.1. The first-order valence-electron chi connectivity index (χ1n) is 8.18. The van der Waals surface area contributed by atoms with Crippen molar-refractivity contribution < 1.29 is 4.79 Å². The molecule has 3 N–H and O–H groups in total. The van der Waals surface area contributed by atoms with Crippen LogP contribution in [0.25, 0.3) is 0 Å². The highest BCUT2D eigenvalue weighted by Crippen LogP contribution is 2.32. The number of hydrogen-bond acceptors (Lipinski definition) is 3. The number of amides is 1. The molecular weight excluding hydrogens is 302 g/mol. The molecule has 0 unspecified atom stereocenters. The van der Waals surface area contributed by atoms with Gasteiger partial charge in [-0.15, -0.1) is 0 Å². The number of rotatable bonds is 5. The lowest BCUT2D eigenvalue weighted by Crippen LogP contribution is -2.27. The summed E-state index contributed by atoms with van der Waals surface area (Å²) in [7, 11) is 0. The Morgan fingerprint density at radius 2 is 1.67 bits per heavy atom. The van der Waals surface area contributed by atoms with Gasteiger partial charge >= 0.3 is 0 Å². The molecule has 0 aliphatic carbocycles. The summed E-state index contributed by atoms with van der Waals surface area (Å²) in [5, 5.41) is 3.00. The minimum Gasteiger partial charge on any atom is -0.398 e. The van der Waals surface area contributed by atoms with Crippen LogP contribution in [0.15, 0.2) is 41.3 Å². The molecule has 0 aliphatic rings. The predicted molar refractivity (Wildman–Crippen MR) is 98.4 cm³/mol. The number of carbonyl (C=O) groups excluding carboxylic acids is 1. The van der Waals surface area contributed by atoms with E-state index in [1.54, 1.807) is 0 Å². The van der Waals surface area contributed by atoms with Gasteiger partial charge in [0, 0.05) is 23.6 Å². The Hall–Kier alpha value is -2.56. The van der Waals surface area contributed by atoms with Gasteiger partial charge in [-0.1, -0.05) is 45.9 Å². The number of para-hydroxylation sites is 1. The fraction of sp³-hybridized carbons (Fsp3) is 0.368. The van der Waals surface area contributed by atoms with Crippen LogP contribution in [0.4, 0.5) is 11.4 Å². The molecule has 0 radical (unpaired) electrons. The van der Waals surface area contributed by atoms with E-state index in [1.165, 1.54) is 22.9 Å². The maximum Gasteiger partial charge on any atom is 0.251 e. The van der Waals surface area contributed by atoms with E-state index >= 15 is 0 Å². The second-order valence-corrected chi connectivity index (χ2v) is 6.60. The Morgan fingerprint density at radius 3 is 2.21 bits per heavy atom. The number of hydrogen-bond donors (Lipinski definition) is 2. The molecule has 0 spiro atoms. The molecule has 1 aromatic heterocycles. The van der Waals surface area contributed by atoms with Gasteiger partial charge in [0.1, 0.15) is 6.54 Å². The van der Waals surface area contributed by atoms with Gasteiger partial charge in [0.25, 0.3) is 5.56 Å². The molecule has 0 fully saturated rings. The molecule has 128 valence electrons. The Kier molecular flexibility index (Phi) is 5.44. The third-order valence-corrected chi connectivity index (χ3v) is 3.96. The van der Waals surface area contributed by atoms with Crippen molar-refractivity contribution >= 4 is 17.3 Å². The number of nitrogens with two attached hydrogens (primary N) is 1. The number of pyridine rings is 1. The van der Waals surface area contributed by atoms with E-state index < -0.39 is 0 Å². The molecule has 0 atom stereocenters. The van der Waals surface area contributed by atoms with Crippen molar-refractivity contribution in [1.29, 1.82) is 0 Å². The molecule has 2 rings (SSSR count). The van der Waals surface area contributed by atoms with Crippen LogP contribution >= 0.6 is 0 Å². The minimum absolute atomic E-state index is 0.0617. The van der Waals surface area contributed by atoms with E-state index in [9.17, 15) is 9.59 Å². The SMILES string of the molecule is CC(C)c1cccc(C(C)C)c1NC(=O)Cn1cc(N)ccc1=O. The van der Waals surface area contributed by atoms with Gasteiger partial charge in [0.15, 0.2) is 0 Å². The summed E-state index contributed by atoms with van der Waals surface area (Å²) in [5.74, 6) is 0.334. The number of nitrogens with one attached hydrogen (secondary N) is 1. The summed E-state index contributed by atoms with van der Waals surface area (Å²) in [5.41, 5.74) is 8.93. The summed E-state index contributed by atoms with van der Waals surface area (Å²) >= 11 is 0. The summed E-state index contributed by atoms with van der Waals surface area (Å²) in [6.45, 7) is 8.32. The Morgan fingerprint density at radius 1 is 1.08 bits per heavy atom. The molecular formula is C19H25N3O2. The quantitative estimate of drug-likeness (QED) is 0.884. The Bertz CT molecular complexity index is 765. The average Bonchev–Trinajstić information content (AvgIpc) is 2.50. The van der Waals surface area contributed by atoms with E-state index in [0.29, 0.717) is 5.69 Å². The topological polar surface area (TPSA) is 77.1 Å². The van der Waals surface area contributed by atoms with Crippen LogP contribution in [0.3, 0.4) is 0 Å². The summed E-state index contributed by atoms with van der Waals surface area (Å²) in [6.07, 6.45) is 1.49. The van der Waals surface area contributed by atoms with E-state index in [-0.39, 0.29) is 29.8 Å². The van der Waals surface area contributed by atoms with Gasteiger partial charge in [-0.25, -0.2) is 0 Å². The van der Waals surface area contributed by atoms with E-state index in [4.69, 9.17) is 5.73 Å². The maximum atomic E-state index is 12.5. The molecule has 2 aromatic rings. The van der Waals surface area contributed by atoms with Crippen LogP contribution in [-0.4, -0.2) is 10.5 Å². The standard InChI is InChI=1S/C19H25N3O2/c1-12(2)15-6-5-7-16(13(3)4)19(15)21-17(23)11-22-10-14(20)8-9-18(22)24/h5-10,12-13H,11,20H2,1-4H3,(H,21,23). The Balaban J connectivity index is 2.31. The first-order valence-corrected chi connectivity index (χ1v) is 8.18. The zero-order valence-corrected chi connectivity index (χ0v) is 14.7. The highest BCUT2D eigenvalue weighted by molar-refractivity contribution is 5.92. The second-order valence-electron chi connectivity index (χ2n) is 6.60. The summed E-state index contributed by atoms with van der Waals surface area (Å²) in [6, 6.07) is 8.96. The van der Waals surface area contributed by atoms with Crippen molar-refractivity contribution in [2.24, 2.45) is 0 Å². The maximum absolute atomic E-state index is 12.5. The Labute approximate surface area is 142 Å². The monoisotopic (exact) mass is 327 g/mol. The lowest BCUT2D eigenvalue weighted by atomic mass is 9.92. The van der Waals surface area contributed by atoms with Crippen LogP contribution < -0.4 is 16.6 Å². The number of carbonyl (C=O) groups is 1. The first-order chi connectivity index (χ1) is 11.3. The van der Waals surface area contributed by atoms with Gasteiger partial charge in [0.05, 0.1) is 0 Å². The molecule has 24 heavy (non-hydrogen) atoms. The minimum atomic E-state index is -0.249. The molecule has 0 aliphatic heterocycles. The summed E-state index contributed by atoms with van der Waals surface area (Å²) in [4.78, 5) is 24.3. The fourth-order valence-electron chi connectivity index (χ4n) is 2.70. The molecule has 0 saturated heterocycles. The third kappa shape index (κ3) is 4.04. The van der Waals surface area contributed by atoms with Crippen molar-refractivity contribution in [2.75, 3.05) is 11.1 Å². The molecule has 5 nitrogen and oxygen atoms in total. The molecule has 0 bridgehead atoms. The molecule has 1 aromatic carbocycles. The fourth-order valence-corrected chi connectivity index (χ4v) is 2.70. The molecule has 0 saturated carbocycles. The van der Waals surface area contributed by atoms with Gasteiger partial charge < -0.3 is 15.6 Å². The third-order valence-electron chi connectivity index (χ3n) is 3.96.